The van der Waals surface area contributed by atoms with Crippen molar-refractivity contribution in [2.75, 3.05) is 27.2 Å². The van der Waals surface area contributed by atoms with E-state index in [-0.39, 0.29) is 5.25 Å². The summed E-state index contributed by atoms with van der Waals surface area (Å²) in [5.41, 5.74) is 1.06. The van der Waals surface area contributed by atoms with Gasteiger partial charge in [-0.2, -0.15) is 0 Å². The SMILES string of the molecule is CNS(=O)(=O)C1CCN(Cc2ccc(OC)nc2)C1. The monoisotopic (exact) mass is 285 g/mol. The fraction of sp³-hybridized carbons (Fsp3) is 0.583. The normalized spacial score (nSPS) is 20.6. The van der Waals surface area contributed by atoms with Gasteiger partial charge in [-0.05, 0) is 25.6 Å². The van der Waals surface area contributed by atoms with Crippen LogP contribution in [0.5, 0.6) is 5.88 Å². The maximum atomic E-state index is 11.7. The molecule has 0 radical (unpaired) electrons. The van der Waals surface area contributed by atoms with Gasteiger partial charge >= 0.3 is 0 Å². The van der Waals surface area contributed by atoms with E-state index in [9.17, 15) is 8.42 Å². The molecule has 2 rings (SSSR count). The lowest BCUT2D eigenvalue weighted by Gasteiger charge is -2.16. The molecule has 1 saturated heterocycles. The first-order valence-electron chi connectivity index (χ1n) is 6.19. The Bertz CT molecular complexity index is 516. The fourth-order valence-electron chi connectivity index (χ4n) is 2.24. The van der Waals surface area contributed by atoms with Gasteiger partial charge in [0.25, 0.3) is 0 Å². The highest BCUT2D eigenvalue weighted by atomic mass is 32.2. The van der Waals surface area contributed by atoms with Gasteiger partial charge in [0.15, 0.2) is 0 Å². The number of methoxy groups -OCH3 is 1. The zero-order valence-electron chi connectivity index (χ0n) is 11.2. The lowest BCUT2D eigenvalue weighted by atomic mass is 10.2. The third-order valence-corrected chi connectivity index (χ3v) is 5.20. The van der Waals surface area contributed by atoms with Crippen molar-refractivity contribution >= 4 is 10.0 Å². The number of rotatable bonds is 5. The maximum absolute atomic E-state index is 11.7. The molecule has 1 aromatic rings. The number of sulfonamides is 1. The van der Waals surface area contributed by atoms with Crippen LogP contribution in [0.4, 0.5) is 0 Å². The lowest BCUT2D eigenvalue weighted by Crippen LogP contribution is -2.34. The molecule has 0 amide bonds. The van der Waals surface area contributed by atoms with Crippen molar-refractivity contribution in [1.82, 2.24) is 14.6 Å². The molecule has 106 valence electrons. The summed E-state index contributed by atoms with van der Waals surface area (Å²) in [5.74, 6) is 0.584. The van der Waals surface area contributed by atoms with E-state index in [2.05, 4.69) is 14.6 Å². The molecule has 19 heavy (non-hydrogen) atoms. The molecule has 1 fully saturated rings. The largest absolute Gasteiger partial charge is 0.481 e. The van der Waals surface area contributed by atoms with Crippen molar-refractivity contribution in [2.45, 2.75) is 18.2 Å². The standard InChI is InChI=1S/C12H19N3O3S/c1-13-19(16,17)11-5-6-15(9-11)8-10-3-4-12(18-2)14-7-10/h3-4,7,11,13H,5-6,8-9H2,1-2H3. The summed E-state index contributed by atoms with van der Waals surface area (Å²) in [6.07, 6.45) is 2.44. The second kappa shape index (κ2) is 5.85. The second-order valence-electron chi connectivity index (χ2n) is 4.60. The Morgan fingerprint density at radius 3 is 2.89 bits per heavy atom. The summed E-state index contributed by atoms with van der Waals surface area (Å²) < 4.78 is 30.8. The third-order valence-electron chi connectivity index (χ3n) is 3.37. The molecule has 0 bridgehead atoms. The van der Waals surface area contributed by atoms with Crippen LogP contribution in [0.1, 0.15) is 12.0 Å². The number of nitrogens with one attached hydrogen (secondary N) is 1. The average molecular weight is 285 g/mol. The second-order valence-corrected chi connectivity index (χ2v) is 6.77. The van der Waals surface area contributed by atoms with Crippen LogP contribution in [0.15, 0.2) is 18.3 Å². The zero-order chi connectivity index (χ0) is 13.9. The molecule has 1 aromatic heterocycles. The average Bonchev–Trinajstić information content (AvgIpc) is 2.89. The van der Waals surface area contributed by atoms with Gasteiger partial charge in [0, 0.05) is 25.4 Å². The number of hydrogen-bond donors (Lipinski definition) is 1. The van der Waals surface area contributed by atoms with Gasteiger partial charge in [0.05, 0.1) is 12.4 Å². The number of pyridine rings is 1. The van der Waals surface area contributed by atoms with Gasteiger partial charge in [-0.25, -0.2) is 18.1 Å². The molecule has 1 N–H and O–H groups in total. The van der Waals surface area contributed by atoms with Crippen molar-refractivity contribution < 1.29 is 13.2 Å². The smallest absolute Gasteiger partial charge is 0.215 e. The minimum absolute atomic E-state index is 0.316. The minimum atomic E-state index is -3.16. The molecule has 0 spiro atoms. The van der Waals surface area contributed by atoms with Gasteiger partial charge in [-0.1, -0.05) is 6.07 Å². The number of ether oxygens (including phenoxy) is 1. The molecule has 1 aliphatic rings. The Labute approximate surface area is 113 Å². The van der Waals surface area contributed by atoms with Crippen LogP contribution in [-0.4, -0.2) is 50.8 Å². The summed E-state index contributed by atoms with van der Waals surface area (Å²) in [5, 5.41) is -0.316. The highest BCUT2D eigenvalue weighted by Gasteiger charge is 2.31. The lowest BCUT2D eigenvalue weighted by molar-refractivity contribution is 0.330. The van der Waals surface area contributed by atoms with Crippen LogP contribution in [0.25, 0.3) is 0 Å². The van der Waals surface area contributed by atoms with Crippen LogP contribution >= 0.6 is 0 Å². The quantitative estimate of drug-likeness (QED) is 0.837. The van der Waals surface area contributed by atoms with Crippen LogP contribution in [0.3, 0.4) is 0 Å². The van der Waals surface area contributed by atoms with Crippen molar-refractivity contribution in [3.8, 4) is 5.88 Å². The summed E-state index contributed by atoms with van der Waals surface area (Å²) >= 11 is 0. The molecule has 7 heteroatoms. The van der Waals surface area contributed by atoms with E-state index in [1.165, 1.54) is 7.05 Å². The topological polar surface area (TPSA) is 71.5 Å². The van der Waals surface area contributed by atoms with Crippen molar-refractivity contribution in [3.63, 3.8) is 0 Å². The Kier molecular flexibility index (Phi) is 4.38. The molecule has 1 atom stereocenters. The third kappa shape index (κ3) is 3.43. The first-order chi connectivity index (χ1) is 9.05. The molecule has 0 aromatic carbocycles. The summed E-state index contributed by atoms with van der Waals surface area (Å²) in [6, 6.07) is 3.76. The first kappa shape index (κ1) is 14.2. The van der Waals surface area contributed by atoms with Crippen LogP contribution < -0.4 is 9.46 Å². The highest BCUT2D eigenvalue weighted by molar-refractivity contribution is 7.90. The van der Waals surface area contributed by atoms with Gasteiger partial charge < -0.3 is 4.74 Å². The van der Waals surface area contributed by atoms with E-state index in [0.717, 1.165) is 12.1 Å². The molecule has 1 unspecified atom stereocenters. The Morgan fingerprint density at radius 1 is 1.53 bits per heavy atom. The molecule has 6 nitrogen and oxygen atoms in total. The number of aromatic nitrogens is 1. The Balaban J connectivity index is 1.94. The van der Waals surface area contributed by atoms with Gasteiger partial charge in [-0.15, -0.1) is 0 Å². The molecular weight excluding hydrogens is 266 g/mol. The minimum Gasteiger partial charge on any atom is -0.481 e. The van der Waals surface area contributed by atoms with Crippen molar-refractivity contribution in [2.24, 2.45) is 0 Å². The predicted octanol–water partition coefficient (Wildman–Crippen LogP) is 0.214. The van der Waals surface area contributed by atoms with E-state index in [1.807, 2.05) is 12.1 Å². The fourth-order valence-corrected chi connectivity index (χ4v) is 3.40. The molecular formula is C12H19N3O3S. The van der Waals surface area contributed by atoms with E-state index < -0.39 is 10.0 Å². The number of nitrogens with zero attached hydrogens (tertiary/aromatic N) is 2. The summed E-state index contributed by atoms with van der Waals surface area (Å²) in [4.78, 5) is 6.27. The summed E-state index contributed by atoms with van der Waals surface area (Å²) in [7, 11) is -0.118. The molecule has 0 saturated carbocycles. The number of hydrogen-bond acceptors (Lipinski definition) is 5. The van der Waals surface area contributed by atoms with Crippen LogP contribution in [0, 0.1) is 0 Å². The van der Waals surface area contributed by atoms with Gasteiger partial charge in [0.1, 0.15) is 0 Å². The van der Waals surface area contributed by atoms with Crippen molar-refractivity contribution in [1.29, 1.82) is 0 Å². The van der Waals surface area contributed by atoms with E-state index in [1.54, 1.807) is 13.3 Å². The first-order valence-corrected chi connectivity index (χ1v) is 7.73. The van der Waals surface area contributed by atoms with E-state index in [4.69, 9.17) is 4.74 Å². The maximum Gasteiger partial charge on any atom is 0.215 e. The molecule has 1 aliphatic heterocycles. The van der Waals surface area contributed by atoms with Gasteiger partial charge in [-0.3, -0.25) is 4.90 Å². The highest BCUT2D eigenvalue weighted by Crippen LogP contribution is 2.18. The van der Waals surface area contributed by atoms with Crippen LogP contribution in [-0.2, 0) is 16.6 Å². The number of likely N-dealkylation sites (tertiary alicyclic amines) is 1. The van der Waals surface area contributed by atoms with E-state index >= 15 is 0 Å². The molecule has 2 heterocycles. The van der Waals surface area contributed by atoms with E-state index in [0.29, 0.717) is 25.4 Å². The Morgan fingerprint density at radius 2 is 2.32 bits per heavy atom. The zero-order valence-corrected chi connectivity index (χ0v) is 12.0. The van der Waals surface area contributed by atoms with Crippen LogP contribution in [0.2, 0.25) is 0 Å². The summed E-state index contributed by atoms with van der Waals surface area (Å²) in [6.45, 7) is 2.07. The predicted molar refractivity (Wildman–Crippen MR) is 72.5 cm³/mol. The van der Waals surface area contributed by atoms with Gasteiger partial charge in [0.2, 0.25) is 15.9 Å². The Hall–Kier alpha value is -1.18. The van der Waals surface area contributed by atoms with Crippen molar-refractivity contribution in [3.05, 3.63) is 23.9 Å². The molecule has 0 aliphatic carbocycles.